The van der Waals surface area contributed by atoms with Gasteiger partial charge in [-0.3, -0.25) is 4.79 Å². The van der Waals surface area contributed by atoms with Crippen LogP contribution in [0.3, 0.4) is 0 Å². The Labute approximate surface area is 99.8 Å². The van der Waals surface area contributed by atoms with Gasteiger partial charge in [0.25, 0.3) is 0 Å². The van der Waals surface area contributed by atoms with Crippen LogP contribution in [0.15, 0.2) is 18.2 Å². The first-order valence-corrected chi connectivity index (χ1v) is 5.65. The van der Waals surface area contributed by atoms with Crippen LogP contribution in [0.5, 0.6) is 0 Å². The molecule has 0 spiro atoms. The minimum Gasteiger partial charge on any atom is -0.330 e. The first-order chi connectivity index (χ1) is 7.97. The third-order valence-electron chi connectivity index (χ3n) is 2.62. The summed E-state index contributed by atoms with van der Waals surface area (Å²) in [6.07, 6.45) is 0.531. The van der Waals surface area contributed by atoms with Gasteiger partial charge in [-0.15, -0.1) is 0 Å². The van der Waals surface area contributed by atoms with Crippen LogP contribution < -0.4 is 5.73 Å². The average Bonchev–Trinajstić information content (AvgIpc) is 2.25. The lowest BCUT2D eigenvalue weighted by molar-refractivity contribution is 0.0900. The van der Waals surface area contributed by atoms with E-state index in [2.05, 4.69) is 0 Å². The number of carbonyl (C=O) groups excluding carboxylic acids is 1. The molecule has 1 atom stereocenters. The highest BCUT2D eigenvalue weighted by Crippen LogP contribution is 2.20. The molecule has 4 heteroatoms. The first kappa shape index (κ1) is 13.8. The van der Waals surface area contributed by atoms with Crippen molar-refractivity contribution in [2.75, 3.05) is 6.54 Å². The maximum atomic E-state index is 13.4. The Hall–Kier alpha value is -1.29. The van der Waals surface area contributed by atoms with Crippen molar-refractivity contribution >= 4 is 5.78 Å². The molecule has 0 aliphatic rings. The smallest absolute Gasteiger partial charge is 0.173 e. The summed E-state index contributed by atoms with van der Waals surface area (Å²) >= 11 is 0. The van der Waals surface area contributed by atoms with Crippen LogP contribution in [0.4, 0.5) is 8.78 Å². The van der Waals surface area contributed by atoms with Crippen molar-refractivity contribution in [2.45, 2.75) is 20.3 Å². The Morgan fingerprint density at radius 1 is 1.29 bits per heavy atom. The third kappa shape index (κ3) is 3.33. The van der Waals surface area contributed by atoms with Crippen molar-refractivity contribution in [2.24, 2.45) is 17.6 Å². The van der Waals surface area contributed by atoms with E-state index in [1.165, 1.54) is 6.07 Å². The molecule has 0 aliphatic carbocycles. The normalized spacial score (nSPS) is 12.8. The van der Waals surface area contributed by atoms with Gasteiger partial charge in [-0.1, -0.05) is 19.9 Å². The number of carbonyl (C=O) groups is 1. The minimum absolute atomic E-state index is 0.102. The average molecular weight is 241 g/mol. The zero-order valence-corrected chi connectivity index (χ0v) is 10.0. The second-order valence-electron chi connectivity index (χ2n) is 4.52. The Bertz CT molecular complexity index is 384. The molecule has 0 saturated heterocycles. The largest absolute Gasteiger partial charge is 0.330 e. The SMILES string of the molecule is CC(C)CC(CN)C(=O)c1c(F)cccc1F. The van der Waals surface area contributed by atoms with Gasteiger partial charge in [0.1, 0.15) is 11.6 Å². The fourth-order valence-electron chi connectivity index (χ4n) is 1.82. The van der Waals surface area contributed by atoms with E-state index < -0.39 is 28.9 Å². The maximum absolute atomic E-state index is 13.4. The molecule has 0 amide bonds. The summed E-state index contributed by atoms with van der Waals surface area (Å²) in [6.45, 7) is 3.98. The summed E-state index contributed by atoms with van der Waals surface area (Å²) in [7, 11) is 0. The number of halogens is 2. The van der Waals surface area contributed by atoms with E-state index in [1.54, 1.807) is 0 Å². The van der Waals surface area contributed by atoms with E-state index in [0.29, 0.717) is 6.42 Å². The molecule has 2 N–H and O–H groups in total. The number of rotatable bonds is 5. The summed E-state index contributed by atoms with van der Waals surface area (Å²) < 4.78 is 26.9. The first-order valence-electron chi connectivity index (χ1n) is 5.65. The summed E-state index contributed by atoms with van der Waals surface area (Å²) in [4.78, 5) is 12.0. The molecule has 0 heterocycles. The molecule has 0 saturated carbocycles. The van der Waals surface area contributed by atoms with Crippen LogP contribution >= 0.6 is 0 Å². The number of Topliss-reactive ketones (excluding diaryl/α,β-unsaturated/α-hetero) is 1. The number of hydrogen-bond acceptors (Lipinski definition) is 2. The molecule has 94 valence electrons. The zero-order valence-electron chi connectivity index (χ0n) is 10.0. The van der Waals surface area contributed by atoms with Gasteiger partial charge in [-0.2, -0.15) is 0 Å². The molecule has 0 aliphatic heterocycles. The van der Waals surface area contributed by atoms with Crippen LogP contribution in [0.25, 0.3) is 0 Å². The fourth-order valence-corrected chi connectivity index (χ4v) is 1.82. The summed E-state index contributed by atoms with van der Waals surface area (Å²) in [5.74, 6) is -2.46. The summed E-state index contributed by atoms with van der Waals surface area (Å²) in [5.41, 5.74) is 5.02. The van der Waals surface area contributed by atoms with Gasteiger partial charge >= 0.3 is 0 Å². The molecule has 0 radical (unpaired) electrons. The lowest BCUT2D eigenvalue weighted by Gasteiger charge is -2.16. The molecule has 1 aromatic carbocycles. The maximum Gasteiger partial charge on any atom is 0.173 e. The van der Waals surface area contributed by atoms with Crippen LogP contribution in [0.1, 0.15) is 30.6 Å². The highest BCUT2D eigenvalue weighted by molar-refractivity contribution is 5.98. The van der Waals surface area contributed by atoms with E-state index in [9.17, 15) is 13.6 Å². The Balaban J connectivity index is 3.02. The lowest BCUT2D eigenvalue weighted by atomic mass is 9.89. The molecular weight excluding hydrogens is 224 g/mol. The van der Waals surface area contributed by atoms with Crippen LogP contribution in [-0.2, 0) is 0 Å². The Morgan fingerprint density at radius 3 is 2.24 bits per heavy atom. The van der Waals surface area contributed by atoms with Crippen molar-refractivity contribution in [3.8, 4) is 0 Å². The van der Waals surface area contributed by atoms with Crippen molar-refractivity contribution in [3.63, 3.8) is 0 Å². The van der Waals surface area contributed by atoms with Gasteiger partial charge in [0.15, 0.2) is 5.78 Å². The predicted molar refractivity (Wildman–Crippen MR) is 62.7 cm³/mol. The third-order valence-corrected chi connectivity index (χ3v) is 2.62. The molecule has 1 aromatic rings. The van der Waals surface area contributed by atoms with E-state index in [4.69, 9.17) is 5.73 Å². The van der Waals surface area contributed by atoms with Crippen molar-refractivity contribution in [1.82, 2.24) is 0 Å². The standard InChI is InChI=1S/C13H17F2NO/c1-8(2)6-9(7-16)13(17)12-10(14)4-3-5-11(12)15/h3-5,8-9H,6-7,16H2,1-2H3. The van der Waals surface area contributed by atoms with Crippen molar-refractivity contribution in [1.29, 1.82) is 0 Å². The molecule has 0 fully saturated rings. The summed E-state index contributed by atoms with van der Waals surface area (Å²) in [5, 5.41) is 0. The second kappa shape index (κ2) is 5.87. The number of hydrogen-bond donors (Lipinski definition) is 1. The molecule has 0 aromatic heterocycles. The monoisotopic (exact) mass is 241 g/mol. The molecular formula is C13H17F2NO. The Morgan fingerprint density at radius 2 is 1.82 bits per heavy atom. The Kier molecular flexibility index (Phi) is 4.75. The molecule has 2 nitrogen and oxygen atoms in total. The van der Waals surface area contributed by atoms with E-state index >= 15 is 0 Å². The van der Waals surface area contributed by atoms with E-state index in [-0.39, 0.29) is 12.5 Å². The predicted octanol–water partition coefficient (Wildman–Crippen LogP) is 2.77. The number of ketones is 1. The summed E-state index contributed by atoms with van der Waals surface area (Å²) in [6, 6.07) is 3.40. The van der Waals surface area contributed by atoms with Gasteiger partial charge in [0, 0.05) is 12.5 Å². The zero-order chi connectivity index (χ0) is 13.0. The topological polar surface area (TPSA) is 43.1 Å². The molecule has 1 unspecified atom stereocenters. The lowest BCUT2D eigenvalue weighted by Crippen LogP contribution is -2.26. The second-order valence-corrected chi connectivity index (χ2v) is 4.52. The molecule has 0 bridgehead atoms. The van der Waals surface area contributed by atoms with Gasteiger partial charge in [0.05, 0.1) is 5.56 Å². The fraction of sp³-hybridized carbons (Fsp3) is 0.462. The van der Waals surface area contributed by atoms with Crippen LogP contribution in [0, 0.1) is 23.5 Å². The van der Waals surface area contributed by atoms with Crippen LogP contribution in [0.2, 0.25) is 0 Å². The van der Waals surface area contributed by atoms with Crippen molar-refractivity contribution in [3.05, 3.63) is 35.4 Å². The highest BCUT2D eigenvalue weighted by Gasteiger charge is 2.25. The van der Waals surface area contributed by atoms with Gasteiger partial charge < -0.3 is 5.73 Å². The molecule has 17 heavy (non-hydrogen) atoms. The van der Waals surface area contributed by atoms with Crippen molar-refractivity contribution < 1.29 is 13.6 Å². The van der Waals surface area contributed by atoms with Gasteiger partial charge in [-0.25, -0.2) is 8.78 Å². The van der Waals surface area contributed by atoms with E-state index in [1.807, 2.05) is 13.8 Å². The van der Waals surface area contributed by atoms with Gasteiger partial charge in [-0.05, 0) is 24.5 Å². The highest BCUT2D eigenvalue weighted by atomic mass is 19.1. The minimum atomic E-state index is -0.822. The van der Waals surface area contributed by atoms with Crippen LogP contribution in [-0.4, -0.2) is 12.3 Å². The molecule has 1 rings (SSSR count). The number of benzene rings is 1. The van der Waals surface area contributed by atoms with E-state index in [0.717, 1.165) is 12.1 Å². The van der Waals surface area contributed by atoms with Gasteiger partial charge in [0.2, 0.25) is 0 Å². The quantitative estimate of drug-likeness (QED) is 0.805. The number of nitrogens with two attached hydrogens (primary N) is 1.